The number of aliphatic hydroxyl groups is 3. The van der Waals surface area contributed by atoms with Gasteiger partial charge in [0.25, 0.3) is 5.56 Å². The summed E-state index contributed by atoms with van der Waals surface area (Å²) in [6.07, 6.45) is -0.394. The molecule has 3 heterocycles. The molecule has 6 N–H and O–H groups in total. The largest absolute Gasteiger partial charge is 0.398 e. The van der Waals surface area contributed by atoms with E-state index < -0.39 is 36.2 Å². The van der Waals surface area contributed by atoms with E-state index >= 15 is 0 Å². The van der Waals surface area contributed by atoms with Crippen molar-refractivity contribution in [2.24, 2.45) is 0 Å². The number of aliphatic hydroxyl groups excluding tert-OH is 2. The van der Waals surface area contributed by atoms with Gasteiger partial charge in [-0.1, -0.05) is 0 Å². The van der Waals surface area contributed by atoms with Crippen molar-refractivity contribution in [2.75, 3.05) is 12.3 Å². The van der Waals surface area contributed by atoms with E-state index in [0.29, 0.717) is 27.4 Å². The number of aromatic amines is 1. The molecule has 2 aromatic heterocycles. The van der Waals surface area contributed by atoms with E-state index in [9.17, 15) is 20.1 Å². The molecule has 4 rings (SSSR count). The van der Waals surface area contributed by atoms with Gasteiger partial charge in [-0.2, -0.15) is 10.2 Å². The lowest BCUT2D eigenvalue weighted by molar-refractivity contribution is -0.102. The van der Waals surface area contributed by atoms with Gasteiger partial charge in [-0.3, -0.25) is 4.79 Å². The fraction of sp³-hybridized carbons (Fsp3) is 0.400. The van der Waals surface area contributed by atoms with Gasteiger partial charge in [-0.05, 0) is 13.0 Å². The summed E-state index contributed by atoms with van der Waals surface area (Å²) in [6, 6.07) is 1.53. The van der Waals surface area contributed by atoms with E-state index in [1.165, 1.54) is 30.1 Å². The van der Waals surface area contributed by atoms with Crippen LogP contribution in [0.2, 0.25) is 0 Å². The fourth-order valence-electron chi connectivity index (χ4n) is 3.32. The molecule has 0 saturated carbocycles. The smallest absolute Gasteiger partial charge is 0.272 e. The van der Waals surface area contributed by atoms with Crippen LogP contribution in [0.3, 0.4) is 0 Å². The van der Waals surface area contributed by atoms with E-state index in [0.717, 1.165) is 0 Å². The van der Waals surface area contributed by atoms with Crippen LogP contribution in [-0.4, -0.2) is 59.7 Å². The molecule has 25 heavy (non-hydrogen) atoms. The first-order valence-electron chi connectivity index (χ1n) is 7.66. The summed E-state index contributed by atoms with van der Waals surface area (Å²) in [5, 5.41) is 42.1. The lowest BCUT2D eigenvalue weighted by Crippen LogP contribution is -2.44. The Morgan fingerprint density at radius 1 is 1.48 bits per heavy atom. The normalized spacial score (nSPS) is 29.7. The van der Waals surface area contributed by atoms with Gasteiger partial charge in [0.1, 0.15) is 23.3 Å². The first-order valence-corrected chi connectivity index (χ1v) is 7.66. The number of anilines is 1. The quantitative estimate of drug-likeness (QED) is 0.389. The highest BCUT2D eigenvalue weighted by atomic mass is 16.6. The third-order valence-electron chi connectivity index (χ3n) is 4.66. The van der Waals surface area contributed by atoms with Crippen molar-refractivity contribution in [1.82, 2.24) is 20.0 Å². The summed E-state index contributed by atoms with van der Waals surface area (Å²) >= 11 is 0. The molecule has 1 saturated heterocycles. The molecular formula is C15H17N5O5. The van der Waals surface area contributed by atoms with Crippen molar-refractivity contribution in [3.05, 3.63) is 28.8 Å². The second kappa shape index (κ2) is 5.23. The Kier molecular flexibility index (Phi) is 3.34. The number of ether oxygens (including phenoxy) is 1. The average molecular weight is 347 g/mol. The van der Waals surface area contributed by atoms with Crippen LogP contribution in [-0.2, 0) is 4.74 Å². The molecule has 1 aliphatic heterocycles. The number of hydrogen-bond acceptors (Lipinski definition) is 8. The number of rotatable bonds is 2. The fourth-order valence-corrected chi connectivity index (χ4v) is 3.32. The van der Waals surface area contributed by atoms with Crippen LogP contribution in [0.15, 0.2) is 23.3 Å². The molecule has 0 bridgehead atoms. The number of nitrogen functional groups attached to an aromatic ring is 1. The lowest BCUT2D eigenvalue weighted by Gasteiger charge is -2.27. The summed E-state index contributed by atoms with van der Waals surface area (Å²) in [7, 11) is 0. The Balaban J connectivity index is 1.98. The van der Waals surface area contributed by atoms with Crippen LogP contribution in [0.1, 0.15) is 13.2 Å². The molecular weight excluding hydrogens is 330 g/mol. The van der Waals surface area contributed by atoms with E-state index in [1.54, 1.807) is 0 Å². The summed E-state index contributed by atoms with van der Waals surface area (Å²) in [4.78, 5) is 12.0. The van der Waals surface area contributed by atoms with Crippen molar-refractivity contribution < 1.29 is 20.1 Å². The number of aromatic nitrogens is 4. The minimum Gasteiger partial charge on any atom is -0.398 e. The zero-order valence-corrected chi connectivity index (χ0v) is 13.2. The van der Waals surface area contributed by atoms with Crippen LogP contribution in [0.25, 0.3) is 21.7 Å². The minimum atomic E-state index is -1.69. The highest BCUT2D eigenvalue weighted by molar-refractivity contribution is 6.14. The molecule has 132 valence electrons. The van der Waals surface area contributed by atoms with Crippen molar-refractivity contribution in [3.8, 4) is 0 Å². The Morgan fingerprint density at radius 3 is 2.92 bits per heavy atom. The average Bonchev–Trinajstić information content (AvgIpc) is 2.96. The molecule has 10 heteroatoms. The van der Waals surface area contributed by atoms with Gasteiger partial charge in [-0.25, -0.2) is 9.78 Å². The van der Waals surface area contributed by atoms with Crippen LogP contribution in [0.4, 0.5) is 5.69 Å². The van der Waals surface area contributed by atoms with Crippen molar-refractivity contribution in [3.63, 3.8) is 0 Å². The number of nitrogens with two attached hydrogens (primary N) is 1. The zero-order valence-electron chi connectivity index (χ0n) is 13.2. The van der Waals surface area contributed by atoms with Crippen LogP contribution >= 0.6 is 0 Å². The van der Waals surface area contributed by atoms with Gasteiger partial charge in [0.05, 0.1) is 18.2 Å². The van der Waals surface area contributed by atoms with Crippen LogP contribution in [0.5, 0.6) is 0 Å². The molecule has 4 atom stereocenters. The highest BCUT2D eigenvalue weighted by Crippen LogP contribution is 2.39. The maximum absolute atomic E-state index is 12.0. The highest BCUT2D eigenvalue weighted by Gasteiger charge is 2.53. The first-order chi connectivity index (χ1) is 11.8. The second-order valence-corrected chi connectivity index (χ2v) is 6.38. The SMILES string of the molecule is C[C@@]1(O)[C@H](O)[C@@H](CO)O[C@H]1n1cc2c(N)cc3c(=O)[nH]ncc(n1)c23. The number of H-pyrrole nitrogens is 1. The summed E-state index contributed by atoms with van der Waals surface area (Å²) < 4.78 is 6.89. The predicted octanol–water partition coefficient (Wildman–Crippen LogP) is -1.14. The predicted molar refractivity (Wildman–Crippen MR) is 87.7 cm³/mol. The summed E-state index contributed by atoms with van der Waals surface area (Å²) in [6.45, 7) is 0.944. The topological polar surface area (TPSA) is 160 Å². The van der Waals surface area contributed by atoms with Gasteiger partial charge in [-0.15, -0.1) is 0 Å². The lowest BCUT2D eigenvalue weighted by atomic mass is 9.97. The molecule has 1 aromatic carbocycles. The van der Waals surface area contributed by atoms with Gasteiger partial charge in [0.2, 0.25) is 0 Å². The number of nitrogens with one attached hydrogen (secondary N) is 1. The number of nitrogens with zero attached hydrogens (tertiary/aromatic N) is 3. The standard InChI is InChI=1S/C15H17N5O5/c1-15(24)12(22)10(5-21)25-14(15)20-4-7-8(16)2-6-11(7)9(19-20)3-17-18-13(6)23/h2-4,10,12,14,21-22,24H,5,16H2,1H3,(H,18,23)/t10-,12-,14-,15-/m1/s1. The molecule has 1 fully saturated rings. The third kappa shape index (κ3) is 2.15. The molecule has 1 aliphatic rings. The summed E-state index contributed by atoms with van der Waals surface area (Å²) in [5.41, 5.74) is 4.67. The maximum Gasteiger partial charge on any atom is 0.272 e. The van der Waals surface area contributed by atoms with Gasteiger partial charge < -0.3 is 25.8 Å². The summed E-state index contributed by atoms with van der Waals surface area (Å²) in [5.74, 6) is 0. The van der Waals surface area contributed by atoms with E-state index in [1.807, 2.05) is 0 Å². The van der Waals surface area contributed by atoms with Crippen LogP contribution in [0, 0.1) is 0 Å². The monoisotopic (exact) mass is 347 g/mol. The maximum atomic E-state index is 12.0. The van der Waals surface area contributed by atoms with Crippen molar-refractivity contribution >= 4 is 27.4 Å². The second-order valence-electron chi connectivity index (χ2n) is 6.38. The minimum absolute atomic E-state index is 0.354. The molecule has 0 amide bonds. The number of hydrogen-bond donors (Lipinski definition) is 5. The Morgan fingerprint density at radius 2 is 2.24 bits per heavy atom. The van der Waals surface area contributed by atoms with Gasteiger partial charge >= 0.3 is 0 Å². The van der Waals surface area contributed by atoms with Crippen molar-refractivity contribution in [2.45, 2.75) is 31.0 Å². The van der Waals surface area contributed by atoms with Gasteiger partial charge in [0.15, 0.2) is 6.23 Å². The van der Waals surface area contributed by atoms with E-state index in [2.05, 4.69) is 15.3 Å². The van der Waals surface area contributed by atoms with E-state index in [4.69, 9.17) is 10.5 Å². The molecule has 0 radical (unpaired) electrons. The molecule has 3 aromatic rings. The van der Waals surface area contributed by atoms with Crippen LogP contribution < -0.4 is 11.3 Å². The third-order valence-corrected chi connectivity index (χ3v) is 4.66. The molecule has 0 aliphatic carbocycles. The van der Waals surface area contributed by atoms with E-state index in [-0.39, 0.29) is 0 Å². The Labute approximate surface area is 140 Å². The first kappa shape index (κ1) is 16.0. The Bertz CT molecular complexity index is 1030. The molecule has 0 spiro atoms. The molecule has 0 unspecified atom stereocenters. The molecule has 10 nitrogen and oxygen atoms in total. The zero-order chi connectivity index (χ0) is 17.9. The van der Waals surface area contributed by atoms with Gasteiger partial charge in [0, 0.05) is 22.7 Å². The van der Waals surface area contributed by atoms with Crippen molar-refractivity contribution in [1.29, 1.82) is 0 Å². The Hall–Kier alpha value is -2.53.